The monoisotopic (exact) mass is 398 g/mol. The van der Waals surface area contributed by atoms with E-state index in [9.17, 15) is 9.90 Å². The highest BCUT2D eigenvalue weighted by Gasteiger charge is 2.59. The van der Waals surface area contributed by atoms with Crippen molar-refractivity contribution < 1.29 is 9.90 Å². The molecule has 8 unspecified atom stereocenters. The molecule has 29 heavy (non-hydrogen) atoms. The van der Waals surface area contributed by atoms with Gasteiger partial charge >= 0.3 is 0 Å². The summed E-state index contributed by atoms with van der Waals surface area (Å²) in [5, 5.41) is 10.2. The first-order chi connectivity index (χ1) is 13.8. The van der Waals surface area contributed by atoms with Gasteiger partial charge in [0.1, 0.15) is 6.29 Å². The standard InChI is InChI=1S/C27H42O2/c1-18(17-28)6-5-7-19(2)23-10-11-24-22-9-8-20-16-21(29)12-14-26(20,3)25(22)13-15-27(23,24)4/h6,8,17,19,21-25,29H,5,7,9-16H2,1-4H3/b18-6+. The molecule has 0 amide bonds. The van der Waals surface area contributed by atoms with Gasteiger partial charge in [-0.05, 0) is 117 Å². The molecule has 2 nitrogen and oxygen atoms in total. The third-order valence-electron chi connectivity index (χ3n) is 10.1. The Balaban J connectivity index is 1.49. The maximum atomic E-state index is 10.9. The van der Waals surface area contributed by atoms with Crippen molar-refractivity contribution in [2.24, 2.45) is 40.4 Å². The predicted molar refractivity (Wildman–Crippen MR) is 119 cm³/mol. The highest BCUT2D eigenvalue weighted by Crippen LogP contribution is 2.67. The molecule has 0 bridgehead atoms. The van der Waals surface area contributed by atoms with Gasteiger partial charge in [0.25, 0.3) is 0 Å². The highest BCUT2D eigenvalue weighted by atomic mass is 16.3. The number of aliphatic hydroxyl groups excluding tert-OH is 1. The minimum absolute atomic E-state index is 0.103. The van der Waals surface area contributed by atoms with Crippen LogP contribution in [-0.4, -0.2) is 17.5 Å². The van der Waals surface area contributed by atoms with Crippen LogP contribution in [0.1, 0.15) is 91.9 Å². The number of carbonyl (C=O) groups is 1. The minimum atomic E-state index is -0.103. The third kappa shape index (κ3) is 3.58. The van der Waals surface area contributed by atoms with Gasteiger partial charge in [-0.1, -0.05) is 38.5 Å². The zero-order valence-electron chi connectivity index (χ0n) is 19.1. The van der Waals surface area contributed by atoms with Crippen molar-refractivity contribution in [2.45, 2.75) is 98.0 Å². The molecule has 3 fully saturated rings. The van der Waals surface area contributed by atoms with E-state index in [2.05, 4.69) is 32.9 Å². The normalized spacial score (nSPS) is 45.6. The molecule has 0 spiro atoms. The largest absolute Gasteiger partial charge is 0.393 e. The quantitative estimate of drug-likeness (QED) is 0.326. The van der Waals surface area contributed by atoms with E-state index in [0.717, 1.165) is 60.7 Å². The van der Waals surface area contributed by atoms with Crippen LogP contribution in [0.4, 0.5) is 0 Å². The van der Waals surface area contributed by atoms with E-state index < -0.39 is 0 Å². The summed E-state index contributed by atoms with van der Waals surface area (Å²) in [4.78, 5) is 10.9. The van der Waals surface area contributed by atoms with Crippen molar-refractivity contribution in [3.05, 3.63) is 23.3 Å². The molecule has 0 heterocycles. The van der Waals surface area contributed by atoms with Gasteiger partial charge in [0.15, 0.2) is 0 Å². The lowest BCUT2D eigenvalue weighted by molar-refractivity contribution is -0.104. The van der Waals surface area contributed by atoms with E-state index in [1.54, 1.807) is 5.57 Å². The number of aldehydes is 1. The molecule has 162 valence electrons. The van der Waals surface area contributed by atoms with E-state index in [1.165, 1.54) is 44.9 Å². The number of allylic oxidation sites excluding steroid dienone is 3. The Bertz CT molecular complexity index is 691. The first-order valence-corrected chi connectivity index (χ1v) is 12.3. The van der Waals surface area contributed by atoms with E-state index in [4.69, 9.17) is 0 Å². The second kappa shape index (κ2) is 7.98. The average molecular weight is 399 g/mol. The molecular formula is C27H42O2. The van der Waals surface area contributed by atoms with Crippen molar-refractivity contribution in [1.29, 1.82) is 0 Å². The van der Waals surface area contributed by atoms with Crippen LogP contribution in [0.25, 0.3) is 0 Å². The number of aliphatic hydroxyl groups is 1. The van der Waals surface area contributed by atoms with Crippen molar-refractivity contribution in [1.82, 2.24) is 0 Å². The Morgan fingerprint density at radius 3 is 2.76 bits per heavy atom. The van der Waals surface area contributed by atoms with Gasteiger partial charge in [0, 0.05) is 0 Å². The molecule has 0 aromatic heterocycles. The molecule has 4 aliphatic rings. The third-order valence-corrected chi connectivity index (χ3v) is 10.1. The van der Waals surface area contributed by atoms with Gasteiger partial charge in [-0.15, -0.1) is 0 Å². The Hall–Kier alpha value is -0.890. The molecule has 0 aromatic carbocycles. The van der Waals surface area contributed by atoms with Crippen LogP contribution >= 0.6 is 0 Å². The van der Waals surface area contributed by atoms with Crippen LogP contribution in [0.2, 0.25) is 0 Å². The first-order valence-electron chi connectivity index (χ1n) is 12.3. The summed E-state index contributed by atoms with van der Waals surface area (Å²) in [7, 11) is 0. The molecule has 4 rings (SSSR count). The molecule has 2 heteroatoms. The predicted octanol–water partition coefficient (Wildman–Crippen LogP) is 6.49. The topological polar surface area (TPSA) is 37.3 Å². The lowest BCUT2D eigenvalue weighted by Gasteiger charge is -2.58. The minimum Gasteiger partial charge on any atom is -0.393 e. The molecule has 3 saturated carbocycles. The molecule has 0 saturated heterocycles. The number of hydrogen-bond acceptors (Lipinski definition) is 2. The summed E-state index contributed by atoms with van der Waals surface area (Å²) in [5.74, 6) is 4.15. The molecule has 0 radical (unpaired) electrons. The first kappa shape index (κ1) is 21.3. The summed E-state index contributed by atoms with van der Waals surface area (Å²) in [5.41, 5.74) is 3.31. The SMILES string of the molecule is C/C(C=O)=C\CCC(C)C1CCC2C3CC=C4CC(O)CCC4(C)C3CCC12C. The van der Waals surface area contributed by atoms with Gasteiger partial charge < -0.3 is 5.11 Å². The van der Waals surface area contributed by atoms with E-state index in [-0.39, 0.29) is 6.10 Å². The Labute approximate surface area is 178 Å². The Kier molecular flexibility index (Phi) is 5.88. The maximum absolute atomic E-state index is 10.9. The van der Waals surface area contributed by atoms with E-state index in [1.807, 2.05) is 6.92 Å². The summed E-state index contributed by atoms with van der Waals surface area (Å²) < 4.78 is 0. The summed E-state index contributed by atoms with van der Waals surface area (Å²) >= 11 is 0. The summed E-state index contributed by atoms with van der Waals surface area (Å²) in [6.07, 6.45) is 17.8. The zero-order valence-corrected chi connectivity index (χ0v) is 19.1. The van der Waals surface area contributed by atoms with Crippen molar-refractivity contribution >= 4 is 6.29 Å². The second-order valence-electron chi connectivity index (χ2n) is 11.5. The average Bonchev–Trinajstić information content (AvgIpc) is 3.05. The van der Waals surface area contributed by atoms with Crippen molar-refractivity contribution in [3.63, 3.8) is 0 Å². The lowest BCUT2D eigenvalue weighted by Crippen LogP contribution is -2.50. The van der Waals surface area contributed by atoms with Crippen LogP contribution in [0, 0.1) is 40.4 Å². The van der Waals surface area contributed by atoms with Crippen LogP contribution in [0.15, 0.2) is 23.3 Å². The zero-order chi connectivity index (χ0) is 20.8. The number of carbonyl (C=O) groups excluding carboxylic acids is 1. The Morgan fingerprint density at radius 1 is 1.21 bits per heavy atom. The summed E-state index contributed by atoms with van der Waals surface area (Å²) in [6, 6.07) is 0. The van der Waals surface area contributed by atoms with Gasteiger partial charge in [0.05, 0.1) is 6.10 Å². The Morgan fingerprint density at radius 2 is 2.00 bits per heavy atom. The molecule has 0 aromatic rings. The van der Waals surface area contributed by atoms with Crippen molar-refractivity contribution in [3.8, 4) is 0 Å². The van der Waals surface area contributed by atoms with Gasteiger partial charge in [-0.25, -0.2) is 0 Å². The van der Waals surface area contributed by atoms with Crippen LogP contribution < -0.4 is 0 Å². The van der Waals surface area contributed by atoms with E-state index in [0.29, 0.717) is 10.8 Å². The molecular weight excluding hydrogens is 356 g/mol. The second-order valence-corrected chi connectivity index (χ2v) is 11.5. The number of rotatable bonds is 5. The van der Waals surface area contributed by atoms with E-state index >= 15 is 0 Å². The summed E-state index contributed by atoms with van der Waals surface area (Å²) in [6.45, 7) is 9.54. The van der Waals surface area contributed by atoms with Gasteiger partial charge in [-0.2, -0.15) is 0 Å². The lowest BCUT2D eigenvalue weighted by atomic mass is 9.47. The van der Waals surface area contributed by atoms with Crippen molar-refractivity contribution in [2.75, 3.05) is 0 Å². The maximum Gasteiger partial charge on any atom is 0.145 e. The van der Waals surface area contributed by atoms with Crippen LogP contribution in [0.5, 0.6) is 0 Å². The molecule has 8 atom stereocenters. The fraction of sp³-hybridized carbons (Fsp3) is 0.815. The van der Waals surface area contributed by atoms with Gasteiger partial charge in [0.2, 0.25) is 0 Å². The molecule has 1 N–H and O–H groups in total. The molecule has 4 aliphatic carbocycles. The molecule has 0 aliphatic heterocycles. The van der Waals surface area contributed by atoms with Crippen LogP contribution in [-0.2, 0) is 4.79 Å². The van der Waals surface area contributed by atoms with Gasteiger partial charge in [-0.3, -0.25) is 4.79 Å². The fourth-order valence-corrected chi connectivity index (χ4v) is 8.44. The number of fused-ring (bicyclic) bond motifs is 5. The number of hydrogen-bond donors (Lipinski definition) is 1. The highest BCUT2D eigenvalue weighted by molar-refractivity contribution is 5.71. The smallest absolute Gasteiger partial charge is 0.145 e. The fourth-order valence-electron chi connectivity index (χ4n) is 8.44. The van der Waals surface area contributed by atoms with Crippen LogP contribution in [0.3, 0.4) is 0 Å².